The molecule has 0 atom stereocenters. The summed E-state index contributed by atoms with van der Waals surface area (Å²) in [7, 11) is 0. The van der Waals surface area contributed by atoms with Crippen molar-refractivity contribution in [1.29, 1.82) is 0 Å². The number of hydrogen-bond donors (Lipinski definition) is 0. The zero-order chi connectivity index (χ0) is 37.8. The van der Waals surface area contributed by atoms with Crippen molar-refractivity contribution in [1.82, 2.24) is 9.13 Å². The summed E-state index contributed by atoms with van der Waals surface area (Å²) in [5, 5.41) is 7.54. The summed E-state index contributed by atoms with van der Waals surface area (Å²) in [4.78, 5) is 0. The zero-order valence-electron chi connectivity index (χ0n) is 31.9. The Bertz CT molecular complexity index is 3430. The van der Waals surface area contributed by atoms with Gasteiger partial charge in [0.25, 0.3) is 0 Å². The van der Waals surface area contributed by atoms with Crippen LogP contribution in [0.25, 0.3) is 99.1 Å². The van der Waals surface area contributed by atoms with Crippen LogP contribution in [0.15, 0.2) is 194 Å². The third-order valence-electron chi connectivity index (χ3n) is 12.7. The van der Waals surface area contributed by atoms with Crippen molar-refractivity contribution in [3.63, 3.8) is 0 Å². The average molecular weight is 727 g/mol. The number of fused-ring (bicyclic) bond motifs is 10. The molecule has 9 aromatic carbocycles. The van der Waals surface area contributed by atoms with E-state index in [1.165, 1.54) is 110 Å². The van der Waals surface area contributed by atoms with Gasteiger partial charge in [0, 0.05) is 38.2 Å². The fraction of sp³-hybridized carbons (Fsp3) is 0.0545. The van der Waals surface area contributed by atoms with Gasteiger partial charge >= 0.3 is 0 Å². The minimum absolute atomic E-state index is 0.102. The first-order valence-electron chi connectivity index (χ1n) is 19.9. The molecule has 2 nitrogen and oxygen atoms in total. The first-order valence-corrected chi connectivity index (χ1v) is 19.9. The van der Waals surface area contributed by atoms with Crippen LogP contribution in [0, 0.1) is 0 Å². The van der Waals surface area contributed by atoms with E-state index in [9.17, 15) is 0 Å². The molecular formula is C55H38N2. The lowest BCUT2D eigenvalue weighted by Crippen LogP contribution is -2.15. The maximum Gasteiger partial charge on any atom is 0.0544 e. The Hall–Kier alpha value is -7.16. The smallest absolute Gasteiger partial charge is 0.0544 e. The molecule has 0 radical (unpaired) electrons. The van der Waals surface area contributed by atoms with Gasteiger partial charge < -0.3 is 9.13 Å². The molecular weight excluding hydrogens is 689 g/mol. The first-order chi connectivity index (χ1) is 28.0. The first kappa shape index (κ1) is 32.1. The average Bonchev–Trinajstić information content (AvgIpc) is 3.85. The van der Waals surface area contributed by atoms with Crippen LogP contribution in [0.5, 0.6) is 0 Å². The van der Waals surface area contributed by atoms with Gasteiger partial charge in [-0.1, -0.05) is 141 Å². The molecule has 0 bridgehead atoms. The summed E-state index contributed by atoms with van der Waals surface area (Å²) >= 11 is 0. The second-order valence-electron chi connectivity index (χ2n) is 16.2. The standard InChI is InChI=1S/C55H38N2/c1-55(2)48-21-11-8-18-41(48)45-33-47-43-20-10-13-23-51(43)57(54(47)34-49(45)55)52-28-26-37(31-44(52)39-25-24-35-14-6-7-15-36(35)30-39)38-27-29-53-46(32-38)42-19-9-12-22-50(42)56(53)40-16-4-3-5-17-40/h3-34H,1-2H3. The number of hydrogen-bond acceptors (Lipinski definition) is 0. The third kappa shape index (κ3) is 4.65. The molecule has 11 aromatic rings. The maximum absolute atomic E-state index is 2.52. The van der Waals surface area contributed by atoms with Crippen LogP contribution in [0.1, 0.15) is 25.0 Å². The van der Waals surface area contributed by atoms with E-state index >= 15 is 0 Å². The molecule has 2 aromatic heterocycles. The number of aromatic nitrogens is 2. The van der Waals surface area contributed by atoms with Gasteiger partial charge in [-0.05, 0) is 116 Å². The van der Waals surface area contributed by atoms with Crippen LogP contribution in [-0.2, 0) is 5.41 Å². The number of rotatable bonds is 4. The van der Waals surface area contributed by atoms with Gasteiger partial charge in [0.05, 0.1) is 27.8 Å². The van der Waals surface area contributed by atoms with Gasteiger partial charge in [-0.2, -0.15) is 0 Å². The molecule has 0 fully saturated rings. The summed E-state index contributed by atoms with van der Waals surface area (Å²) < 4.78 is 4.91. The van der Waals surface area contributed by atoms with Crippen molar-refractivity contribution < 1.29 is 0 Å². The van der Waals surface area contributed by atoms with E-state index in [1.54, 1.807) is 0 Å². The van der Waals surface area contributed by atoms with E-state index in [0.29, 0.717) is 0 Å². The van der Waals surface area contributed by atoms with Crippen molar-refractivity contribution in [2.75, 3.05) is 0 Å². The van der Waals surface area contributed by atoms with Crippen LogP contribution in [-0.4, -0.2) is 9.13 Å². The van der Waals surface area contributed by atoms with E-state index in [4.69, 9.17) is 0 Å². The van der Waals surface area contributed by atoms with Gasteiger partial charge in [-0.25, -0.2) is 0 Å². The highest BCUT2D eigenvalue weighted by atomic mass is 15.0. The van der Waals surface area contributed by atoms with E-state index in [-0.39, 0.29) is 5.41 Å². The van der Waals surface area contributed by atoms with Gasteiger partial charge in [0.2, 0.25) is 0 Å². The monoisotopic (exact) mass is 726 g/mol. The molecule has 0 amide bonds. The summed E-state index contributed by atoms with van der Waals surface area (Å²) in [5.74, 6) is 0. The normalized spacial score (nSPS) is 13.2. The molecule has 1 aliphatic carbocycles. The predicted octanol–water partition coefficient (Wildman–Crippen LogP) is 14.7. The minimum Gasteiger partial charge on any atom is -0.309 e. The molecule has 0 saturated heterocycles. The summed E-state index contributed by atoms with van der Waals surface area (Å²) in [6, 6.07) is 72.0. The highest BCUT2D eigenvalue weighted by Crippen LogP contribution is 2.51. The van der Waals surface area contributed by atoms with Crippen LogP contribution >= 0.6 is 0 Å². The Morgan fingerprint density at radius 1 is 0.333 bits per heavy atom. The molecule has 2 heterocycles. The molecule has 268 valence electrons. The molecule has 0 aliphatic heterocycles. The fourth-order valence-corrected chi connectivity index (χ4v) is 9.93. The van der Waals surface area contributed by atoms with Gasteiger partial charge in [-0.3, -0.25) is 0 Å². The van der Waals surface area contributed by atoms with Crippen molar-refractivity contribution in [3.05, 3.63) is 205 Å². The predicted molar refractivity (Wildman–Crippen MR) is 241 cm³/mol. The van der Waals surface area contributed by atoms with E-state index in [0.717, 1.165) is 0 Å². The van der Waals surface area contributed by atoms with Crippen molar-refractivity contribution in [2.45, 2.75) is 19.3 Å². The van der Waals surface area contributed by atoms with Gasteiger partial charge in [0.15, 0.2) is 0 Å². The lowest BCUT2D eigenvalue weighted by Gasteiger charge is -2.22. The second-order valence-corrected chi connectivity index (χ2v) is 16.2. The number of nitrogens with zero attached hydrogens (tertiary/aromatic N) is 2. The Kier molecular flexibility index (Phi) is 6.72. The molecule has 12 rings (SSSR count). The van der Waals surface area contributed by atoms with Crippen molar-refractivity contribution in [2.24, 2.45) is 0 Å². The van der Waals surface area contributed by atoms with Crippen LogP contribution < -0.4 is 0 Å². The quantitative estimate of drug-likeness (QED) is 0.171. The third-order valence-corrected chi connectivity index (χ3v) is 12.7. The number of para-hydroxylation sites is 3. The Morgan fingerprint density at radius 3 is 1.77 bits per heavy atom. The summed E-state index contributed by atoms with van der Waals surface area (Å²) in [5.41, 5.74) is 17.4. The Balaban J connectivity index is 1.12. The Morgan fingerprint density at radius 2 is 0.947 bits per heavy atom. The molecule has 2 heteroatoms. The van der Waals surface area contributed by atoms with E-state index in [1.807, 2.05) is 0 Å². The van der Waals surface area contributed by atoms with Crippen molar-refractivity contribution in [3.8, 4) is 44.8 Å². The molecule has 0 N–H and O–H groups in total. The maximum atomic E-state index is 2.52. The van der Waals surface area contributed by atoms with Gasteiger partial charge in [0.1, 0.15) is 0 Å². The SMILES string of the molecule is CC1(C)c2ccccc2-c2cc3c4ccccc4n(-c4ccc(-c5ccc6c(c5)c5ccccc5n6-c5ccccc5)cc4-c4ccc5ccccc5c4)c3cc21. The number of benzene rings is 9. The summed E-state index contributed by atoms with van der Waals surface area (Å²) in [6.45, 7) is 4.75. The van der Waals surface area contributed by atoms with Crippen LogP contribution in [0.4, 0.5) is 0 Å². The van der Waals surface area contributed by atoms with Gasteiger partial charge in [-0.15, -0.1) is 0 Å². The lowest BCUT2D eigenvalue weighted by molar-refractivity contribution is 0.661. The summed E-state index contributed by atoms with van der Waals surface area (Å²) in [6.07, 6.45) is 0. The molecule has 0 unspecified atom stereocenters. The highest BCUT2D eigenvalue weighted by molar-refractivity contribution is 6.13. The molecule has 0 saturated carbocycles. The fourth-order valence-electron chi connectivity index (χ4n) is 9.93. The highest BCUT2D eigenvalue weighted by Gasteiger charge is 2.36. The van der Waals surface area contributed by atoms with Crippen LogP contribution in [0.3, 0.4) is 0 Å². The van der Waals surface area contributed by atoms with E-state index in [2.05, 4.69) is 217 Å². The second kappa shape index (κ2) is 11.9. The largest absolute Gasteiger partial charge is 0.309 e. The lowest BCUT2D eigenvalue weighted by atomic mass is 9.82. The minimum atomic E-state index is -0.102. The molecule has 0 spiro atoms. The Labute approximate surface area is 331 Å². The molecule has 1 aliphatic rings. The van der Waals surface area contributed by atoms with E-state index < -0.39 is 0 Å². The zero-order valence-corrected chi connectivity index (χ0v) is 31.9. The van der Waals surface area contributed by atoms with Crippen molar-refractivity contribution >= 4 is 54.4 Å². The topological polar surface area (TPSA) is 9.86 Å². The molecule has 57 heavy (non-hydrogen) atoms. The van der Waals surface area contributed by atoms with Crippen LogP contribution in [0.2, 0.25) is 0 Å².